The van der Waals surface area contributed by atoms with Gasteiger partial charge in [-0.3, -0.25) is 0 Å². The molecule has 0 radical (unpaired) electrons. The van der Waals surface area contributed by atoms with Gasteiger partial charge in [-0.1, -0.05) is 94.7 Å². The zero-order valence-corrected chi connectivity index (χ0v) is 27.9. The largest absolute Gasteiger partial charge is 0.340 e. The summed E-state index contributed by atoms with van der Waals surface area (Å²) in [6, 6.07) is 28.6. The van der Waals surface area contributed by atoms with E-state index >= 15 is 0 Å². The maximum absolute atomic E-state index is 2.62. The summed E-state index contributed by atoms with van der Waals surface area (Å²) in [7, 11) is 0. The van der Waals surface area contributed by atoms with Crippen LogP contribution in [0.25, 0.3) is 43.6 Å². The Morgan fingerprint density at radius 3 is 1.55 bits per heavy atom. The maximum atomic E-state index is 2.62. The van der Waals surface area contributed by atoms with E-state index in [1.54, 1.807) is 0 Å². The zero-order valence-electron chi connectivity index (χ0n) is 27.9. The number of nitrogens with zero attached hydrogens (tertiary/aromatic N) is 2. The molecule has 6 rings (SSSR count). The first kappa shape index (κ1) is 30.5. The van der Waals surface area contributed by atoms with Crippen LogP contribution < -0.4 is 0 Å². The Hall–Kier alpha value is -3.52. The van der Waals surface area contributed by atoms with Gasteiger partial charge in [0.2, 0.25) is 0 Å². The van der Waals surface area contributed by atoms with Gasteiger partial charge in [-0.05, 0) is 105 Å². The second-order valence-corrected chi connectivity index (χ2v) is 13.5. The minimum absolute atomic E-state index is 0.732. The number of aryl methyl sites for hydroxylation is 5. The number of hydrogen-bond acceptors (Lipinski definition) is 0. The van der Waals surface area contributed by atoms with Gasteiger partial charge in [0.25, 0.3) is 0 Å². The van der Waals surface area contributed by atoms with E-state index in [0.717, 1.165) is 31.8 Å². The molecule has 230 valence electrons. The number of unbranched alkanes of at least 4 members (excludes halogenated alkanes) is 4. The standard InChI is InChI=1S/C42H52N2/c1-6-9-11-12-24-43-39-20-14-30(4)25-35(39)37-27-33(18-22-40(37)43)16-17-34-19-23-42-38(28-34)36-26-31(5)15-21-41(36)44(42)29-32(8-3)13-10-7-2/h14-15,18-23,25-28,32H,6-13,16-17,24,29H2,1-5H3. The molecule has 0 aliphatic heterocycles. The van der Waals surface area contributed by atoms with Crippen molar-refractivity contribution in [1.29, 1.82) is 0 Å². The Bertz CT molecular complexity index is 1880. The lowest BCUT2D eigenvalue weighted by Gasteiger charge is -2.17. The number of rotatable bonds is 14. The Labute approximate surface area is 265 Å². The molecule has 0 N–H and O–H groups in total. The SMILES string of the molecule is CCCCCCn1c2ccc(C)cc2c2cc(CCc3ccc4c(c3)c3cc(C)ccc3n4CC(CC)CCCC)ccc21. The van der Waals surface area contributed by atoms with E-state index in [4.69, 9.17) is 0 Å². The lowest BCUT2D eigenvalue weighted by atomic mass is 9.99. The van der Waals surface area contributed by atoms with E-state index in [1.807, 2.05) is 0 Å². The molecule has 1 atom stereocenters. The van der Waals surface area contributed by atoms with Gasteiger partial charge in [0.05, 0.1) is 0 Å². The second kappa shape index (κ2) is 13.6. The molecule has 0 aliphatic carbocycles. The maximum Gasteiger partial charge on any atom is 0.0491 e. The van der Waals surface area contributed by atoms with E-state index < -0.39 is 0 Å². The molecule has 2 heteroatoms. The van der Waals surface area contributed by atoms with E-state index in [9.17, 15) is 0 Å². The second-order valence-electron chi connectivity index (χ2n) is 13.5. The van der Waals surface area contributed by atoms with Gasteiger partial charge >= 0.3 is 0 Å². The summed E-state index contributed by atoms with van der Waals surface area (Å²) in [5.74, 6) is 0.732. The Balaban J connectivity index is 1.29. The van der Waals surface area contributed by atoms with Crippen molar-refractivity contribution >= 4 is 43.6 Å². The van der Waals surface area contributed by atoms with Crippen LogP contribution in [0.15, 0.2) is 72.8 Å². The number of hydrogen-bond donors (Lipinski definition) is 0. The lowest BCUT2D eigenvalue weighted by Crippen LogP contribution is -2.10. The van der Waals surface area contributed by atoms with Crippen LogP contribution in [0.1, 0.15) is 94.4 Å². The fourth-order valence-corrected chi connectivity index (χ4v) is 7.44. The van der Waals surface area contributed by atoms with Crippen LogP contribution in [0.4, 0.5) is 0 Å². The van der Waals surface area contributed by atoms with Gasteiger partial charge in [0.1, 0.15) is 0 Å². The summed E-state index contributed by atoms with van der Waals surface area (Å²) in [4.78, 5) is 0. The molecule has 1 unspecified atom stereocenters. The Morgan fingerprint density at radius 1 is 0.523 bits per heavy atom. The first-order chi connectivity index (χ1) is 21.5. The monoisotopic (exact) mass is 584 g/mol. The molecule has 0 spiro atoms. The van der Waals surface area contributed by atoms with Crippen molar-refractivity contribution < 1.29 is 0 Å². The van der Waals surface area contributed by atoms with E-state index in [2.05, 4.69) is 117 Å². The fraction of sp³-hybridized carbons (Fsp3) is 0.429. The first-order valence-corrected chi connectivity index (χ1v) is 17.5. The lowest BCUT2D eigenvalue weighted by molar-refractivity contribution is 0.401. The van der Waals surface area contributed by atoms with Crippen molar-refractivity contribution in [1.82, 2.24) is 9.13 Å². The van der Waals surface area contributed by atoms with Gasteiger partial charge in [-0.2, -0.15) is 0 Å². The van der Waals surface area contributed by atoms with Crippen LogP contribution in [-0.2, 0) is 25.9 Å². The molecule has 6 aromatic rings. The number of benzene rings is 4. The van der Waals surface area contributed by atoms with Crippen LogP contribution in [0, 0.1) is 19.8 Å². The summed E-state index contributed by atoms with van der Waals surface area (Å²) in [5, 5.41) is 5.66. The number of fused-ring (bicyclic) bond motifs is 6. The third-order valence-electron chi connectivity index (χ3n) is 10.1. The van der Waals surface area contributed by atoms with Gasteiger partial charge in [-0.15, -0.1) is 0 Å². The molecular weight excluding hydrogens is 532 g/mol. The average molecular weight is 585 g/mol. The summed E-state index contributed by atoms with van der Waals surface area (Å²) in [6.07, 6.45) is 12.4. The molecule has 4 aromatic carbocycles. The minimum atomic E-state index is 0.732. The van der Waals surface area contributed by atoms with Crippen molar-refractivity contribution in [3.63, 3.8) is 0 Å². The summed E-state index contributed by atoms with van der Waals surface area (Å²) < 4.78 is 5.19. The smallest absolute Gasteiger partial charge is 0.0491 e. The molecule has 0 saturated heterocycles. The van der Waals surface area contributed by atoms with Gasteiger partial charge in [0.15, 0.2) is 0 Å². The van der Waals surface area contributed by atoms with Crippen molar-refractivity contribution in [2.75, 3.05) is 0 Å². The van der Waals surface area contributed by atoms with Gasteiger partial charge in [0, 0.05) is 56.7 Å². The van der Waals surface area contributed by atoms with E-state index in [0.29, 0.717) is 0 Å². The minimum Gasteiger partial charge on any atom is -0.340 e. The Morgan fingerprint density at radius 2 is 1.02 bits per heavy atom. The predicted octanol–water partition coefficient (Wildman–Crippen LogP) is 12.1. The quantitative estimate of drug-likeness (QED) is 0.113. The molecule has 2 aromatic heterocycles. The highest BCUT2D eigenvalue weighted by atomic mass is 15.0. The highest BCUT2D eigenvalue weighted by Gasteiger charge is 2.16. The predicted molar refractivity (Wildman–Crippen MR) is 193 cm³/mol. The van der Waals surface area contributed by atoms with Crippen LogP contribution in [0.2, 0.25) is 0 Å². The average Bonchev–Trinajstić information content (AvgIpc) is 3.50. The van der Waals surface area contributed by atoms with Crippen molar-refractivity contribution in [3.05, 3.63) is 95.1 Å². The molecule has 2 nitrogen and oxygen atoms in total. The van der Waals surface area contributed by atoms with E-state index in [-0.39, 0.29) is 0 Å². The molecule has 0 bridgehead atoms. The number of aromatic nitrogens is 2. The molecular formula is C42H52N2. The summed E-state index contributed by atoms with van der Waals surface area (Å²) in [5.41, 5.74) is 11.1. The topological polar surface area (TPSA) is 9.86 Å². The molecule has 44 heavy (non-hydrogen) atoms. The molecule has 0 aliphatic rings. The third-order valence-corrected chi connectivity index (χ3v) is 10.1. The molecule has 0 saturated carbocycles. The zero-order chi connectivity index (χ0) is 30.6. The first-order valence-electron chi connectivity index (χ1n) is 17.5. The van der Waals surface area contributed by atoms with Crippen molar-refractivity contribution in [2.24, 2.45) is 5.92 Å². The van der Waals surface area contributed by atoms with Crippen molar-refractivity contribution in [2.45, 2.75) is 112 Å². The van der Waals surface area contributed by atoms with Crippen LogP contribution in [0.5, 0.6) is 0 Å². The third kappa shape index (κ3) is 6.19. The van der Waals surface area contributed by atoms with Crippen molar-refractivity contribution in [3.8, 4) is 0 Å². The Kier molecular flexibility index (Phi) is 9.45. The molecule has 0 amide bonds. The normalized spacial score (nSPS) is 12.8. The highest BCUT2D eigenvalue weighted by molar-refractivity contribution is 6.09. The van der Waals surface area contributed by atoms with Crippen LogP contribution in [-0.4, -0.2) is 9.13 Å². The summed E-state index contributed by atoms with van der Waals surface area (Å²) in [6.45, 7) is 13.6. The van der Waals surface area contributed by atoms with Gasteiger partial charge < -0.3 is 9.13 Å². The van der Waals surface area contributed by atoms with Crippen LogP contribution >= 0.6 is 0 Å². The summed E-state index contributed by atoms with van der Waals surface area (Å²) >= 11 is 0. The molecule has 0 fully saturated rings. The molecule has 2 heterocycles. The van der Waals surface area contributed by atoms with Gasteiger partial charge in [-0.25, -0.2) is 0 Å². The van der Waals surface area contributed by atoms with Crippen LogP contribution in [0.3, 0.4) is 0 Å². The fourth-order valence-electron chi connectivity index (χ4n) is 7.44. The highest BCUT2D eigenvalue weighted by Crippen LogP contribution is 2.34. The van der Waals surface area contributed by atoms with E-state index in [1.165, 1.54) is 117 Å².